The van der Waals surface area contributed by atoms with Crippen molar-refractivity contribution in [3.63, 3.8) is 0 Å². The standard InChI is InChI=1S/C19H26N2O/c22-19(18-13-16-6-7-17(18)12-16)21-10-8-20(9-11-21)14-15-4-2-1-3-5-15/h1-5,16-18H,6-14H2/p+1/t16-,17+,18-/m0/s1. The summed E-state index contributed by atoms with van der Waals surface area (Å²) < 4.78 is 0. The third-order valence-electron chi connectivity index (χ3n) is 6.13. The largest absolute Gasteiger partial charge is 0.331 e. The Balaban J connectivity index is 1.29. The van der Waals surface area contributed by atoms with E-state index in [1.807, 2.05) is 0 Å². The van der Waals surface area contributed by atoms with Gasteiger partial charge in [-0.2, -0.15) is 0 Å². The van der Waals surface area contributed by atoms with Crippen LogP contribution in [0.15, 0.2) is 30.3 Å². The second kappa shape index (κ2) is 6.04. The summed E-state index contributed by atoms with van der Waals surface area (Å²) in [5.74, 6) is 2.43. The third-order valence-corrected chi connectivity index (χ3v) is 6.13. The minimum Gasteiger partial charge on any atom is -0.331 e. The van der Waals surface area contributed by atoms with Crippen molar-refractivity contribution >= 4 is 5.91 Å². The van der Waals surface area contributed by atoms with Gasteiger partial charge in [-0.25, -0.2) is 0 Å². The molecule has 1 heterocycles. The number of carbonyl (C=O) groups excluding carboxylic acids is 1. The molecular weight excluding hydrogens is 272 g/mol. The summed E-state index contributed by atoms with van der Waals surface area (Å²) >= 11 is 0. The van der Waals surface area contributed by atoms with Crippen LogP contribution in [0.5, 0.6) is 0 Å². The second-order valence-electron chi connectivity index (χ2n) is 7.52. The minimum atomic E-state index is 0.370. The summed E-state index contributed by atoms with van der Waals surface area (Å²) in [6.07, 6.45) is 5.19. The van der Waals surface area contributed by atoms with E-state index < -0.39 is 0 Å². The highest BCUT2D eigenvalue weighted by atomic mass is 16.2. The Bertz CT molecular complexity index is 521. The van der Waals surface area contributed by atoms with Crippen molar-refractivity contribution in [2.24, 2.45) is 17.8 Å². The Hall–Kier alpha value is -1.35. The van der Waals surface area contributed by atoms with E-state index >= 15 is 0 Å². The van der Waals surface area contributed by atoms with Crippen molar-refractivity contribution in [1.82, 2.24) is 4.90 Å². The first-order valence-corrected chi connectivity index (χ1v) is 8.96. The van der Waals surface area contributed by atoms with E-state index in [1.54, 1.807) is 4.90 Å². The van der Waals surface area contributed by atoms with Gasteiger partial charge < -0.3 is 9.80 Å². The molecule has 1 aromatic rings. The molecule has 3 fully saturated rings. The van der Waals surface area contributed by atoms with Crippen LogP contribution in [0.25, 0.3) is 0 Å². The predicted octanol–water partition coefficient (Wildman–Crippen LogP) is 1.35. The molecule has 3 nitrogen and oxygen atoms in total. The maximum Gasteiger partial charge on any atom is 0.226 e. The molecule has 1 N–H and O–H groups in total. The van der Waals surface area contributed by atoms with Gasteiger partial charge in [0.2, 0.25) is 5.91 Å². The number of carbonyl (C=O) groups is 1. The molecule has 1 aliphatic heterocycles. The van der Waals surface area contributed by atoms with E-state index in [-0.39, 0.29) is 0 Å². The lowest BCUT2D eigenvalue weighted by atomic mass is 9.87. The quantitative estimate of drug-likeness (QED) is 0.895. The molecule has 0 radical (unpaired) electrons. The molecule has 1 saturated heterocycles. The van der Waals surface area contributed by atoms with Gasteiger partial charge in [0.15, 0.2) is 0 Å². The Morgan fingerprint density at radius 3 is 2.50 bits per heavy atom. The topological polar surface area (TPSA) is 24.8 Å². The Labute approximate surface area is 133 Å². The molecule has 3 aliphatic rings. The van der Waals surface area contributed by atoms with E-state index in [9.17, 15) is 4.79 Å². The van der Waals surface area contributed by atoms with Crippen molar-refractivity contribution in [3.8, 4) is 0 Å². The maximum atomic E-state index is 12.8. The van der Waals surface area contributed by atoms with Crippen LogP contribution >= 0.6 is 0 Å². The average Bonchev–Trinajstić information content (AvgIpc) is 3.19. The number of nitrogens with one attached hydrogen (secondary N) is 1. The van der Waals surface area contributed by atoms with Crippen LogP contribution in [-0.2, 0) is 11.3 Å². The molecule has 2 saturated carbocycles. The number of piperazine rings is 1. The molecule has 0 aromatic heterocycles. The highest BCUT2D eigenvalue weighted by Gasteiger charge is 2.44. The Kier molecular flexibility index (Phi) is 3.91. The monoisotopic (exact) mass is 299 g/mol. The summed E-state index contributed by atoms with van der Waals surface area (Å²) in [6, 6.07) is 10.7. The summed E-state index contributed by atoms with van der Waals surface area (Å²) in [6.45, 7) is 5.20. The molecule has 3 heteroatoms. The molecule has 0 spiro atoms. The van der Waals surface area contributed by atoms with E-state index in [2.05, 4.69) is 35.2 Å². The molecule has 22 heavy (non-hydrogen) atoms. The number of benzene rings is 1. The Morgan fingerprint density at radius 1 is 1.09 bits per heavy atom. The van der Waals surface area contributed by atoms with Crippen molar-refractivity contribution < 1.29 is 9.69 Å². The Morgan fingerprint density at radius 2 is 1.86 bits per heavy atom. The van der Waals surface area contributed by atoms with Crippen molar-refractivity contribution in [2.45, 2.75) is 32.2 Å². The summed E-state index contributed by atoms with van der Waals surface area (Å²) in [4.78, 5) is 16.6. The molecule has 2 aliphatic carbocycles. The molecule has 1 amide bonds. The number of fused-ring (bicyclic) bond motifs is 2. The van der Waals surface area contributed by atoms with Gasteiger partial charge >= 0.3 is 0 Å². The number of hydrogen-bond acceptors (Lipinski definition) is 1. The zero-order valence-corrected chi connectivity index (χ0v) is 13.3. The zero-order valence-electron chi connectivity index (χ0n) is 13.3. The molecular formula is C19H27N2O+. The van der Waals surface area contributed by atoms with Crippen LogP contribution in [0, 0.1) is 17.8 Å². The fourth-order valence-corrected chi connectivity index (χ4v) is 4.89. The van der Waals surface area contributed by atoms with Gasteiger partial charge in [0, 0.05) is 11.5 Å². The van der Waals surface area contributed by atoms with Crippen LogP contribution in [0.2, 0.25) is 0 Å². The highest BCUT2D eigenvalue weighted by molar-refractivity contribution is 5.79. The first-order valence-electron chi connectivity index (χ1n) is 8.96. The smallest absolute Gasteiger partial charge is 0.226 e. The molecule has 3 atom stereocenters. The van der Waals surface area contributed by atoms with Crippen LogP contribution in [0.3, 0.4) is 0 Å². The van der Waals surface area contributed by atoms with Crippen LogP contribution in [0.4, 0.5) is 0 Å². The number of amides is 1. The van der Waals surface area contributed by atoms with Crippen molar-refractivity contribution in [1.29, 1.82) is 0 Å². The van der Waals surface area contributed by atoms with Gasteiger partial charge in [-0.3, -0.25) is 4.79 Å². The number of quaternary nitrogens is 1. The van der Waals surface area contributed by atoms with E-state index in [0.717, 1.165) is 38.6 Å². The maximum absolute atomic E-state index is 12.8. The minimum absolute atomic E-state index is 0.370. The van der Waals surface area contributed by atoms with Gasteiger partial charge in [0.25, 0.3) is 0 Å². The first kappa shape index (κ1) is 14.3. The molecule has 1 aromatic carbocycles. The lowest BCUT2D eigenvalue weighted by Gasteiger charge is -2.35. The average molecular weight is 299 g/mol. The van der Waals surface area contributed by atoms with Crippen LogP contribution < -0.4 is 4.90 Å². The predicted molar refractivity (Wildman–Crippen MR) is 86.4 cm³/mol. The zero-order chi connectivity index (χ0) is 14.9. The van der Waals surface area contributed by atoms with Crippen LogP contribution in [-0.4, -0.2) is 37.0 Å². The van der Waals surface area contributed by atoms with Gasteiger partial charge in [0.05, 0.1) is 26.2 Å². The molecule has 2 bridgehead atoms. The SMILES string of the molecule is O=C([C@H]1C[C@H]2CC[C@@H]1C2)N1CC[NH+](Cc2ccccc2)CC1. The normalized spacial score (nSPS) is 31.6. The summed E-state index contributed by atoms with van der Waals surface area (Å²) in [5, 5.41) is 0. The second-order valence-corrected chi connectivity index (χ2v) is 7.52. The van der Waals surface area contributed by atoms with Gasteiger partial charge in [-0.15, -0.1) is 0 Å². The number of hydrogen-bond donors (Lipinski definition) is 1. The van der Waals surface area contributed by atoms with Crippen molar-refractivity contribution in [3.05, 3.63) is 35.9 Å². The lowest BCUT2D eigenvalue weighted by Crippen LogP contribution is -3.13. The van der Waals surface area contributed by atoms with E-state index in [1.165, 1.54) is 31.2 Å². The van der Waals surface area contributed by atoms with E-state index in [4.69, 9.17) is 0 Å². The third kappa shape index (κ3) is 2.79. The van der Waals surface area contributed by atoms with Gasteiger partial charge in [-0.1, -0.05) is 36.8 Å². The van der Waals surface area contributed by atoms with Gasteiger partial charge in [0.1, 0.15) is 6.54 Å². The molecule has 0 unspecified atom stereocenters. The fraction of sp³-hybridized carbons (Fsp3) is 0.632. The summed E-state index contributed by atoms with van der Waals surface area (Å²) in [5.41, 5.74) is 1.41. The van der Waals surface area contributed by atoms with E-state index in [0.29, 0.717) is 17.7 Å². The van der Waals surface area contributed by atoms with Crippen LogP contribution in [0.1, 0.15) is 31.2 Å². The number of nitrogens with zero attached hydrogens (tertiary/aromatic N) is 1. The highest BCUT2D eigenvalue weighted by Crippen LogP contribution is 2.48. The number of rotatable bonds is 3. The lowest BCUT2D eigenvalue weighted by molar-refractivity contribution is -0.917. The van der Waals surface area contributed by atoms with Crippen molar-refractivity contribution in [2.75, 3.05) is 26.2 Å². The molecule has 118 valence electrons. The summed E-state index contributed by atoms with van der Waals surface area (Å²) in [7, 11) is 0. The van der Waals surface area contributed by atoms with Gasteiger partial charge in [-0.05, 0) is 31.1 Å². The fourth-order valence-electron chi connectivity index (χ4n) is 4.89. The molecule has 4 rings (SSSR count). The first-order chi connectivity index (χ1) is 10.8.